The summed E-state index contributed by atoms with van der Waals surface area (Å²) >= 11 is 0. The fourth-order valence-corrected chi connectivity index (χ4v) is 2.40. The molecule has 3 aromatic rings. The number of hydrogen-bond acceptors (Lipinski definition) is 3. The van der Waals surface area contributed by atoms with E-state index in [1.807, 2.05) is 19.1 Å². The number of aryl methyl sites for hydroxylation is 1. The summed E-state index contributed by atoms with van der Waals surface area (Å²) in [6.45, 7) is 1.83. The Labute approximate surface area is 120 Å². The van der Waals surface area contributed by atoms with Gasteiger partial charge in [0.15, 0.2) is 5.43 Å². The number of non-ortho nitro benzene ring substituents is 1. The van der Waals surface area contributed by atoms with Gasteiger partial charge in [0.2, 0.25) is 0 Å². The maximum atomic E-state index is 12.0. The van der Waals surface area contributed by atoms with Crippen LogP contribution in [0.1, 0.15) is 5.69 Å². The van der Waals surface area contributed by atoms with E-state index in [9.17, 15) is 14.9 Å². The van der Waals surface area contributed by atoms with Crippen LogP contribution in [0.5, 0.6) is 0 Å². The van der Waals surface area contributed by atoms with Crippen LogP contribution in [0.4, 0.5) is 5.69 Å². The summed E-state index contributed by atoms with van der Waals surface area (Å²) in [6, 6.07) is 13.3. The summed E-state index contributed by atoms with van der Waals surface area (Å²) in [6.07, 6.45) is 0. The Morgan fingerprint density at radius 3 is 2.48 bits per heavy atom. The molecule has 0 aliphatic heterocycles. The number of nitrogens with zero attached hydrogens (tertiary/aromatic N) is 1. The lowest BCUT2D eigenvalue weighted by molar-refractivity contribution is -0.384. The number of nitro benzene ring substituents is 1. The molecule has 0 fully saturated rings. The highest BCUT2D eigenvalue weighted by atomic mass is 16.6. The lowest BCUT2D eigenvalue weighted by Gasteiger charge is -2.07. The van der Waals surface area contributed by atoms with Gasteiger partial charge in [-0.2, -0.15) is 0 Å². The van der Waals surface area contributed by atoms with Gasteiger partial charge in [0.25, 0.3) is 5.69 Å². The molecule has 2 aromatic carbocycles. The van der Waals surface area contributed by atoms with E-state index in [0.29, 0.717) is 5.39 Å². The summed E-state index contributed by atoms with van der Waals surface area (Å²) in [5.41, 5.74) is 3.21. The number of fused-ring (bicyclic) bond motifs is 1. The van der Waals surface area contributed by atoms with Crippen molar-refractivity contribution in [1.29, 1.82) is 0 Å². The van der Waals surface area contributed by atoms with Crippen LogP contribution >= 0.6 is 0 Å². The third-order valence-corrected chi connectivity index (χ3v) is 3.39. The van der Waals surface area contributed by atoms with E-state index in [2.05, 4.69) is 4.98 Å². The molecule has 21 heavy (non-hydrogen) atoms. The number of pyridine rings is 1. The van der Waals surface area contributed by atoms with E-state index in [1.165, 1.54) is 12.1 Å². The minimum atomic E-state index is -0.432. The zero-order valence-electron chi connectivity index (χ0n) is 11.3. The van der Waals surface area contributed by atoms with Crippen molar-refractivity contribution in [3.8, 4) is 11.1 Å². The van der Waals surface area contributed by atoms with E-state index < -0.39 is 4.92 Å². The van der Waals surface area contributed by atoms with Crippen LogP contribution in [-0.2, 0) is 0 Å². The molecule has 0 amide bonds. The van der Waals surface area contributed by atoms with E-state index in [4.69, 9.17) is 0 Å². The second kappa shape index (κ2) is 4.86. The molecule has 104 valence electrons. The van der Waals surface area contributed by atoms with Gasteiger partial charge in [0.05, 0.1) is 10.4 Å². The molecule has 5 heteroatoms. The third-order valence-electron chi connectivity index (χ3n) is 3.39. The number of hydrogen-bond donors (Lipinski definition) is 1. The van der Waals surface area contributed by atoms with Crippen molar-refractivity contribution in [3.63, 3.8) is 0 Å². The molecule has 5 nitrogen and oxygen atoms in total. The number of rotatable bonds is 2. The van der Waals surface area contributed by atoms with Crippen LogP contribution in [0.2, 0.25) is 0 Å². The predicted octanol–water partition coefficient (Wildman–Crippen LogP) is 3.41. The molecule has 0 radical (unpaired) electrons. The molecule has 0 bridgehead atoms. The fourth-order valence-electron chi connectivity index (χ4n) is 2.40. The Hall–Kier alpha value is -2.95. The first-order valence-corrected chi connectivity index (χ1v) is 6.44. The maximum Gasteiger partial charge on any atom is 0.269 e. The van der Waals surface area contributed by atoms with Gasteiger partial charge in [-0.25, -0.2) is 0 Å². The molecule has 1 aromatic heterocycles. The Morgan fingerprint density at radius 1 is 1.10 bits per heavy atom. The zero-order chi connectivity index (χ0) is 15.0. The smallest absolute Gasteiger partial charge is 0.269 e. The van der Waals surface area contributed by atoms with Crippen LogP contribution in [0.3, 0.4) is 0 Å². The van der Waals surface area contributed by atoms with Crippen molar-refractivity contribution in [1.82, 2.24) is 4.98 Å². The van der Waals surface area contributed by atoms with E-state index in [-0.39, 0.29) is 11.1 Å². The predicted molar refractivity (Wildman–Crippen MR) is 81.4 cm³/mol. The molecule has 0 saturated carbocycles. The highest BCUT2D eigenvalue weighted by molar-refractivity contribution is 5.93. The molecule has 0 aliphatic carbocycles. The number of aromatic amines is 1. The summed E-state index contributed by atoms with van der Waals surface area (Å²) in [5.74, 6) is 0. The SMILES string of the molecule is Cc1cc(=O)c2cccc(-c3ccc([N+](=O)[O-])cc3)c2[nH]1. The molecule has 0 aliphatic rings. The number of nitrogens with one attached hydrogen (secondary N) is 1. The summed E-state index contributed by atoms with van der Waals surface area (Å²) in [7, 11) is 0. The molecular weight excluding hydrogens is 268 g/mol. The molecule has 1 heterocycles. The van der Waals surface area contributed by atoms with Gasteiger partial charge < -0.3 is 4.98 Å². The summed E-state index contributed by atoms with van der Waals surface area (Å²) in [4.78, 5) is 25.5. The Bertz CT molecular complexity index is 896. The molecule has 0 saturated heterocycles. The van der Waals surface area contributed by atoms with Gasteiger partial charge in [0.1, 0.15) is 0 Å². The van der Waals surface area contributed by atoms with Gasteiger partial charge in [-0.1, -0.05) is 12.1 Å². The van der Waals surface area contributed by atoms with E-state index >= 15 is 0 Å². The maximum absolute atomic E-state index is 12.0. The molecule has 0 spiro atoms. The normalized spacial score (nSPS) is 10.7. The second-order valence-electron chi connectivity index (χ2n) is 4.85. The number of para-hydroxylation sites is 1. The molecule has 0 unspecified atom stereocenters. The topological polar surface area (TPSA) is 76.0 Å². The van der Waals surface area contributed by atoms with Crippen LogP contribution in [-0.4, -0.2) is 9.91 Å². The van der Waals surface area contributed by atoms with Gasteiger partial charge >= 0.3 is 0 Å². The molecule has 0 atom stereocenters. The van der Waals surface area contributed by atoms with Crippen molar-refractivity contribution in [2.45, 2.75) is 6.92 Å². The molecule has 3 rings (SSSR count). The Morgan fingerprint density at radius 2 is 1.81 bits per heavy atom. The van der Waals surface area contributed by atoms with Crippen molar-refractivity contribution in [3.05, 3.63) is 74.6 Å². The minimum Gasteiger partial charge on any atom is -0.358 e. The summed E-state index contributed by atoms with van der Waals surface area (Å²) in [5, 5.41) is 11.3. The quantitative estimate of drug-likeness (QED) is 0.577. The van der Waals surface area contributed by atoms with Crippen molar-refractivity contribution >= 4 is 16.6 Å². The molecule has 1 N–H and O–H groups in total. The minimum absolute atomic E-state index is 0.0370. The van der Waals surface area contributed by atoms with Crippen LogP contribution in [0.25, 0.3) is 22.0 Å². The average Bonchev–Trinajstić information content (AvgIpc) is 2.46. The lowest BCUT2D eigenvalue weighted by Crippen LogP contribution is -2.03. The van der Waals surface area contributed by atoms with Gasteiger partial charge in [-0.05, 0) is 30.7 Å². The number of H-pyrrole nitrogens is 1. The van der Waals surface area contributed by atoms with Crippen molar-refractivity contribution in [2.75, 3.05) is 0 Å². The van der Waals surface area contributed by atoms with Gasteiger partial charge in [-0.3, -0.25) is 14.9 Å². The van der Waals surface area contributed by atoms with Crippen LogP contribution < -0.4 is 5.43 Å². The Kier molecular flexibility index (Phi) is 3.02. The fraction of sp³-hybridized carbons (Fsp3) is 0.0625. The first-order valence-electron chi connectivity index (χ1n) is 6.44. The van der Waals surface area contributed by atoms with E-state index in [1.54, 1.807) is 24.3 Å². The number of nitro groups is 1. The zero-order valence-corrected chi connectivity index (χ0v) is 11.3. The second-order valence-corrected chi connectivity index (χ2v) is 4.85. The molecular formula is C16H12N2O3. The summed E-state index contributed by atoms with van der Waals surface area (Å²) < 4.78 is 0. The number of benzene rings is 2. The standard InChI is InChI=1S/C16H12N2O3/c1-10-9-15(19)14-4-2-3-13(16(14)17-10)11-5-7-12(8-6-11)18(20)21/h2-9H,1H3,(H,17,19). The van der Waals surface area contributed by atoms with Gasteiger partial charge in [0, 0.05) is 34.8 Å². The van der Waals surface area contributed by atoms with Crippen LogP contribution in [0.15, 0.2) is 53.3 Å². The monoisotopic (exact) mass is 280 g/mol. The Balaban J connectivity index is 2.25. The van der Waals surface area contributed by atoms with Gasteiger partial charge in [-0.15, -0.1) is 0 Å². The van der Waals surface area contributed by atoms with Crippen molar-refractivity contribution in [2.24, 2.45) is 0 Å². The first kappa shape index (κ1) is 13.1. The van der Waals surface area contributed by atoms with Crippen LogP contribution in [0, 0.1) is 17.0 Å². The van der Waals surface area contributed by atoms with E-state index in [0.717, 1.165) is 22.3 Å². The first-order chi connectivity index (χ1) is 10.1. The highest BCUT2D eigenvalue weighted by Gasteiger charge is 2.09. The highest BCUT2D eigenvalue weighted by Crippen LogP contribution is 2.27. The largest absolute Gasteiger partial charge is 0.358 e. The third kappa shape index (κ3) is 2.29. The average molecular weight is 280 g/mol. The van der Waals surface area contributed by atoms with Crippen molar-refractivity contribution < 1.29 is 4.92 Å². The lowest BCUT2D eigenvalue weighted by atomic mass is 10.0. The number of aromatic nitrogens is 1.